The summed E-state index contributed by atoms with van der Waals surface area (Å²) in [5.41, 5.74) is 2.78. The summed E-state index contributed by atoms with van der Waals surface area (Å²) in [5.74, 6) is 0.777. The highest BCUT2D eigenvalue weighted by Gasteiger charge is 2.35. The SMILES string of the molecule is CC1=C(C(=O)OCCc2ccccc2)[C@@H](c2ccc3c(c2)OCO3)NC(=O)N1C. The average Bonchev–Trinajstić information content (AvgIpc) is 3.20. The van der Waals surface area contributed by atoms with E-state index in [1.54, 1.807) is 26.1 Å². The lowest BCUT2D eigenvalue weighted by molar-refractivity contribution is -0.139. The first-order chi connectivity index (χ1) is 14.0. The molecule has 0 saturated carbocycles. The van der Waals surface area contributed by atoms with Crippen LogP contribution in [0.25, 0.3) is 0 Å². The molecule has 0 unspecified atom stereocenters. The Kier molecular flexibility index (Phi) is 5.12. The number of carbonyl (C=O) groups excluding carboxylic acids is 2. The Labute approximate surface area is 168 Å². The van der Waals surface area contributed by atoms with Gasteiger partial charge in [0.25, 0.3) is 0 Å². The molecule has 2 aromatic rings. The summed E-state index contributed by atoms with van der Waals surface area (Å²) >= 11 is 0. The van der Waals surface area contributed by atoms with Crippen LogP contribution in [0.3, 0.4) is 0 Å². The second-order valence-corrected chi connectivity index (χ2v) is 6.92. The number of amides is 2. The Morgan fingerprint density at radius 2 is 1.93 bits per heavy atom. The number of benzene rings is 2. The van der Waals surface area contributed by atoms with E-state index in [2.05, 4.69) is 5.32 Å². The Bertz CT molecular complexity index is 970. The highest BCUT2D eigenvalue weighted by Crippen LogP contribution is 2.37. The Morgan fingerprint density at radius 1 is 1.17 bits per heavy atom. The van der Waals surface area contributed by atoms with E-state index >= 15 is 0 Å². The van der Waals surface area contributed by atoms with Crippen LogP contribution in [0.1, 0.15) is 24.1 Å². The van der Waals surface area contributed by atoms with E-state index in [0.717, 1.165) is 11.1 Å². The summed E-state index contributed by atoms with van der Waals surface area (Å²) in [6.07, 6.45) is 0.621. The van der Waals surface area contributed by atoms with Gasteiger partial charge in [-0.15, -0.1) is 0 Å². The number of ether oxygens (including phenoxy) is 3. The van der Waals surface area contributed by atoms with Gasteiger partial charge < -0.3 is 24.4 Å². The Hall–Kier alpha value is -3.48. The predicted octanol–water partition coefficient (Wildman–Crippen LogP) is 3.17. The van der Waals surface area contributed by atoms with Crippen molar-refractivity contribution in [2.45, 2.75) is 19.4 Å². The third kappa shape index (κ3) is 3.76. The van der Waals surface area contributed by atoms with Crippen molar-refractivity contribution in [1.29, 1.82) is 0 Å². The van der Waals surface area contributed by atoms with Gasteiger partial charge in [0.05, 0.1) is 18.2 Å². The molecular formula is C22H22N2O5. The molecule has 7 heteroatoms. The van der Waals surface area contributed by atoms with Crippen molar-refractivity contribution in [2.75, 3.05) is 20.4 Å². The van der Waals surface area contributed by atoms with Crippen molar-refractivity contribution in [3.8, 4) is 11.5 Å². The number of rotatable bonds is 5. The zero-order chi connectivity index (χ0) is 20.4. The largest absolute Gasteiger partial charge is 0.462 e. The summed E-state index contributed by atoms with van der Waals surface area (Å²) in [4.78, 5) is 26.7. The number of hydrogen-bond donors (Lipinski definition) is 1. The van der Waals surface area contributed by atoms with Crippen LogP contribution < -0.4 is 14.8 Å². The van der Waals surface area contributed by atoms with Gasteiger partial charge >= 0.3 is 12.0 Å². The smallest absolute Gasteiger partial charge is 0.338 e. The third-order valence-electron chi connectivity index (χ3n) is 5.17. The number of urea groups is 1. The van der Waals surface area contributed by atoms with E-state index in [1.165, 1.54) is 4.90 Å². The van der Waals surface area contributed by atoms with Gasteiger partial charge in [-0.2, -0.15) is 0 Å². The molecule has 2 heterocycles. The monoisotopic (exact) mass is 394 g/mol. The van der Waals surface area contributed by atoms with Crippen LogP contribution in [0.2, 0.25) is 0 Å². The summed E-state index contributed by atoms with van der Waals surface area (Å²) in [6, 6.07) is 14.3. The lowest BCUT2D eigenvalue weighted by Gasteiger charge is -2.33. The van der Waals surface area contributed by atoms with Crippen LogP contribution in [0, 0.1) is 0 Å². The first-order valence-corrected chi connectivity index (χ1v) is 9.40. The number of allylic oxidation sites excluding steroid dienone is 1. The fourth-order valence-corrected chi connectivity index (χ4v) is 3.43. The normalized spacial score (nSPS) is 17.9. The van der Waals surface area contributed by atoms with Gasteiger partial charge in [0.2, 0.25) is 6.79 Å². The standard InChI is InChI=1S/C22H22N2O5/c1-14-19(21(25)27-11-10-15-6-4-3-5-7-15)20(23-22(26)24(14)2)16-8-9-17-18(12-16)29-13-28-17/h3-9,12,20H,10-11,13H2,1-2H3,(H,23,26)/t20-/m1/s1. The first-order valence-electron chi connectivity index (χ1n) is 9.40. The predicted molar refractivity (Wildman–Crippen MR) is 105 cm³/mol. The highest BCUT2D eigenvalue weighted by molar-refractivity contribution is 5.95. The van der Waals surface area contributed by atoms with Crippen LogP contribution in [0.5, 0.6) is 11.5 Å². The highest BCUT2D eigenvalue weighted by atomic mass is 16.7. The van der Waals surface area contributed by atoms with Crippen LogP contribution in [0.4, 0.5) is 4.79 Å². The zero-order valence-corrected chi connectivity index (χ0v) is 16.3. The topological polar surface area (TPSA) is 77.1 Å². The van der Waals surface area contributed by atoms with Crippen molar-refractivity contribution in [3.63, 3.8) is 0 Å². The van der Waals surface area contributed by atoms with Crippen molar-refractivity contribution in [3.05, 3.63) is 70.9 Å². The van der Waals surface area contributed by atoms with Gasteiger partial charge in [0.15, 0.2) is 11.5 Å². The zero-order valence-electron chi connectivity index (χ0n) is 16.3. The fraction of sp³-hybridized carbons (Fsp3) is 0.273. The summed E-state index contributed by atoms with van der Waals surface area (Å²) in [6.45, 7) is 2.15. The molecule has 29 heavy (non-hydrogen) atoms. The molecule has 4 rings (SSSR count). The van der Waals surface area contributed by atoms with Gasteiger partial charge in [0, 0.05) is 19.2 Å². The molecule has 2 aromatic carbocycles. The van der Waals surface area contributed by atoms with Crippen molar-refractivity contribution in [2.24, 2.45) is 0 Å². The number of carbonyl (C=O) groups is 2. The molecule has 0 aromatic heterocycles. The minimum atomic E-state index is -0.627. The van der Waals surface area contributed by atoms with Crippen molar-refractivity contribution < 1.29 is 23.8 Å². The van der Waals surface area contributed by atoms with E-state index in [9.17, 15) is 9.59 Å². The fourth-order valence-electron chi connectivity index (χ4n) is 3.43. The first kappa shape index (κ1) is 18.9. The Morgan fingerprint density at radius 3 is 2.72 bits per heavy atom. The van der Waals surface area contributed by atoms with Crippen LogP contribution in [0.15, 0.2) is 59.8 Å². The molecule has 150 valence electrons. The summed E-state index contributed by atoms with van der Waals surface area (Å²) in [7, 11) is 1.62. The average molecular weight is 394 g/mol. The van der Waals surface area contributed by atoms with Crippen LogP contribution in [-0.2, 0) is 16.0 Å². The second kappa shape index (κ2) is 7.87. The molecule has 1 atom stereocenters. The molecule has 2 aliphatic rings. The molecule has 1 N–H and O–H groups in total. The molecule has 2 aliphatic heterocycles. The third-order valence-corrected chi connectivity index (χ3v) is 5.17. The van der Waals surface area contributed by atoms with Gasteiger partial charge in [-0.1, -0.05) is 36.4 Å². The summed E-state index contributed by atoms with van der Waals surface area (Å²) in [5, 5.41) is 2.88. The lowest BCUT2D eigenvalue weighted by atomic mass is 9.94. The van der Waals surface area contributed by atoms with E-state index in [4.69, 9.17) is 14.2 Å². The maximum absolute atomic E-state index is 13.0. The number of fused-ring (bicyclic) bond motifs is 1. The minimum Gasteiger partial charge on any atom is -0.462 e. The molecule has 0 radical (unpaired) electrons. The molecule has 0 fully saturated rings. The second-order valence-electron chi connectivity index (χ2n) is 6.92. The van der Waals surface area contributed by atoms with E-state index in [0.29, 0.717) is 29.2 Å². The van der Waals surface area contributed by atoms with Crippen molar-refractivity contribution >= 4 is 12.0 Å². The van der Waals surface area contributed by atoms with Crippen LogP contribution in [-0.4, -0.2) is 37.3 Å². The molecule has 0 bridgehead atoms. The van der Waals surface area contributed by atoms with Gasteiger partial charge in [-0.3, -0.25) is 0 Å². The van der Waals surface area contributed by atoms with Crippen LogP contribution >= 0.6 is 0 Å². The summed E-state index contributed by atoms with van der Waals surface area (Å²) < 4.78 is 16.3. The molecule has 7 nitrogen and oxygen atoms in total. The van der Waals surface area contributed by atoms with E-state index in [1.807, 2.05) is 36.4 Å². The van der Waals surface area contributed by atoms with E-state index < -0.39 is 12.0 Å². The quantitative estimate of drug-likeness (QED) is 0.789. The molecule has 0 spiro atoms. The van der Waals surface area contributed by atoms with Gasteiger partial charge in [-0.25, -0.2) is 9.59 Å². The molecule has 0 aliphatic carbocycles. The number of nitrogens with zero attached hydrogens (tertiary/aromatic N) is 1. The van der Waals surface area contributed by atoms with Gasteiger partial charge in [0.1, 0.15) is 0 Å². The maximum atomic E-state index is 13.0. The minimum absolute atomic E-state index is 0.155. The van der Waals surface area contributed by atoms with Crippen molar-refractivity contribution in [1.82, 2.24) is 10.2 Å². The lowest BCUT2D eigenvalue weighted by Crippen LogP contribution is -2.46. The maximum Gasteiger partial charge on any atom is 0.338 e. The molecule has 2 amide bonds. The molecule has 0 saturated heterocycles. The molecular weight excluding hydrogens is 372 g/mol. The number of hydrogen-bond acceptors (Lipinski definition) is 5. The van der Waals surface area contributed by atoms with E-state index in [-0.39, 0.29) is 19.4 Å². The van der Waals surface area contributed by atoms with Gasteiger partial charge in [-0.05, 0) is 30.2 Å². The number of esters is 1. The number of nitrogens with one attached hydrogen (secondary N) is 1. The Balaban J connectivity index is 1.57.